The number of benzene rings is 2. The van der Waals surface area contributed by atoms with Gasteiger partial charge in [-0.3, -0.25) is 4.79 Å². The van der Waals surface area contributed by atoms with Gasteiger partial charge in [0, 0.05) is 10.7 Å². The molecule has 0 saturated heterocycles. The second kappa shape index (κ2) is 7.58. The normalized spacial score (nSPS) is 12.4. The average Bonchev–Trinajstić information content (AvgIpc) is 2.60. The van der Waals surface area contributed by atoms with E-state index in [0.29, 0.717) is 5.02 Å². The Bertz CT molecular complexity index is 681. The summed E-state index contributed by atoms with van der Waals surface area (Å²) in [6.45, 7) is 3.71. The van der Waals surface area contributed by atoms with Crippen molar-refractivity contribution in [1.82, 2.24) is 0 Å². The summed E-state index contributed by atoms with van der Waals surface area (Å²) in [5.74, 6) is 0.485. The summed E-state index contributed by atoms with van der Waals surface area (Å²) in [5.41, 5.74) is 1.06. The largest absolute Gasteiger partial charge is 0.497 e. The molecule has 0 aromatic heterocycles. The number of halogens is 1. The van der Waals surface area contributed by atoms with E-state index in [1.807, 2.05) is 62.4 Å². The van der Waals surface area contributed by atoms with Gasteiger partial charge in [-0.25, -0.2) is 0 Å². The van der Waals surface area contributed by atoms with Gasteiger partial charge in [-0.1, -0.05) is 23.7 Å². The number of hydrogen-bond donors (Lipinski definition) is 1. The molecule has 0 amide bonds. The molecule has 2 aromatic rings. The number of anilines is 1. The van der Waals surface area contributed by atoms with Crippen LogP contribution in [0, 0.1) is 5.41 Å². The zero-order valence-electron chi connectivity index (χ0n) is 14.3. The Kier molecular flexibility index (Phi) is 5.73. The fraction of sp³-hybridized carbons (Fsp3) is 0.316. The lowest BCUT2D eigenvalue weighted by Crippen LogP contribution is -2.36. The van der Waals surface area contributed by atoms with Crippen molar-refractivity contribution in [3.63, 3.8) is 0 Å². The smallest absolute Gasteiger partial charge is 0.313 e. The molecule has 0 heterocycles. The summed E-state index contributed by atoms with van der Waals surface area (Å²) >= 11 is 5.99. The van der Waals surface area contributed by atoms with Gasteiger partial charge >= 0.3 is 5.97 Å². The molecule has 1 atom stereocenters. The molecule has 0 fully saturated rings. The number of hydrogen-bond acceptors (Lipinski definition) is 4. The number of rotatable bonds is 6. The van der Waals surface area contributed by atoms with Crippen molar-refractivity contribution in [2.24, 2.45) is 5.41 Å². The quantitative estimate of drug-likeness (QED) is 0.769. The van der Waals surface area contributed by atoms with Gasteiger partial charge in [0.05, 0.1) is 25.7 Å². The molecule has 0 spiro atoms. The second-order valence-corrected chi connectivity index (χ2v) is 6.51. The van der Waals surface area contributed by atoms with Crippen LogP contribution in [0.2, 0.25) is 5.02 Å². The SMILES string of the molecule is COC(=O)C(C)(C)C(Nc1ccc(OC)cc1)c1ccc(Cl)cc1. The van der Waals surface area contributed by atoms with Crippen LogP contribution in [0.4, 0.5) is 5.69 Å². The standard InChI is InChI=1S/C19H22ClNO3/c1-19(2,18(22)24-4)17(13-5-7-14(20)8-6-13)21-15-9-11-16(23-3)12-10-15/h5-12,17,21H,1-4H3. The highest BCUT2D eigenvalue weighted by molar-refractivity contribution is 6.30. The van der Waals surface area contributed by atoms with E-state index in [9.17, 15) is 4.79 Å². The third-order valence-corrected chi connectivity index (χ3v) is 4.29. The van der Waals surface area contributed by atoms with Crippen LogP contribution >= 0.6 is 11.6 Å². The predicted octanol–water partition coefficient (Wildman–Crippen LogP) is 4.70. The number of nitrogens with one attached hydrogen (secondary N) is 1. The molecule has 1 unspecified atom stereocenters. The van der Waals surface area contributed by atoms with Crippen molar-refractivity contribution in [3.8, 4) is 5.75 Å². The van der Waals surface area contributed by atoms with Gasteiger partial charge < -0.3 is 14.8 Å². The van der Waals surface area contributed by atoms with E-state index in [4.69, 9.17) is 21.1 Å². The summed E-state index contributed by atoms with van der Waals surface area (Å²) in [5, 5.41) is 4.07. The summed E-state index contributed by atoms with van der Waals surface area (Å²) in [6, 6.07) is 14.7. The van der Waals surface area contributed by atoms with E-state index in [1.54, 1.807) is 7.11 Å². The Balaban J connectivity index is 2.38. The van der Waals surface area contributed by atoms with Crippen LogP contribution in [0.3, 0.4) is 0 Å². The predicted molar refractivity (Wildman–Crippen MR) is 96.6 cm³/mol. The molecule has 128 valence electrons. The Morgan fingerprint density at radius 1 is 1.04 bits per heavy atom. The van der Waals surface area contributed by atoms with E-state index < -0.39 is 5.41 Å². The lowest BCUT2D eigenvalue weighted by atomic mass is 9.80. The maximum absolute atomic E-state index is 12.3. The van der Waals surface area contributed by atoms with E-state index >= 15 is 0 Å². The molecule has 24 heavy (non-hydrogen) atoms. The van der Waals surface area contributed by atoms with Gasteiger partial charge in [0.25, 0.3) is 0 Å². The molecular formula is C19H22ClNO3. The Morgan fingerprint density at radius 2 is 1.62 bits per heavy atom. The summed E-state index contributed by atoms with van der Waals surface area (Å²) in [7, 11) is 3.02. The van der Waals surface area contributed by atoms with E-state index in [2.05, 4.69) is 5.32 Å². The molecule has 0 aliphatic heterocycles. The first-order valence-electron chi connectivity index (χ1n) is 7.63. The third kappa shape index (κ3) is 4.01. The minimum Gasteiger partial charge on any atom is -0.497 e. The lowest BCUT2D eigenvalue weighted by Gasteiger charge is -2.33. The number of carbonyl (C=O) groups excluding carboxylic acids is 1. The Morgan fingerprint density at radius 3 is 2.12 bits per heavy atom. The number of methoxy groups -OCH3 is 2. The summed E-state index contributed by atoms with van der Waals surface area (Å²) < 4.78 is 10.2. The third-order valence-electron chi connectivity index (χ3n) is 4.04. The lowest BCUT2D eigenvalue weighted by molar-refractivity contribution is -0.151. The van der Waals surface area contributed by atoms with Gasteiger partial charge in [0.15, 0.2) is 0 Å². The summed E-state index contributed by atoms with van der Waals surface area (Å²) in [6.07, 6.45) is 0. The fourth-order valence-electron chi connectivity index (χ4n) is 2.57. The Labute approximate surface area is 147 Å². The molecule has 2 rings (SSSR count). The van der Waals surface area contributed by atoms with Crippen LogP contribution in [0.25, 0.3) is 0 Å². The highest BCUT2D eigenvalue weighted by atomic mass is 35.5. The van der Waals surface area contributed by atoms with E-state index in [0.717, 1.165) is 17.0 Å². The first-order valence-corrected chi connectivity index (χ1v) is 8.00. The number of esters is 1. The highest BCUT2D eigenvalue weighted by Gasteiger charge is 2.39. The van der Waals surface area contributed by atoms with Crippen molar-refractivity contribution in [2.75, 3.05) is 19.5 Å². The first kappa shape index (κ1) is 18.1. The van der Waals surface area contributed by atoms with Gasteiger partial charge in [-0.05, 0) is 55.8 Å². The molecule has 0 bridgehead atoms. The maximum Gasteiger partial charge on any atom is 0.313 e. The van der Waals surface area contributed by atoms with Crippen LogP contribution in [-0.4, -0.2) is 20.2 Å². The van der Waals surface area contributed by atoms with Crippen molar-refractivity contribution in [1.29, 1.82) is 0 Å². The molecule has 2 aromatic carbocycles. The van der Waals surface area contributed by atoms with Crippen LogP contribution in [0.15, 0.2) is 48.5 Å². The molecule has 5 heteroatoms. The topological polar surface area (TPSA) is 47.6 Å². The van der Waals surface area contributed by atoms with Gasteiger partial charge in [-0.15, -0.1) is 0 Å². The fourth-order valence-corrected chi connectivity index (χ4v) is 2.70. The zero-order valence-corrected chi connectivity index (χ0v) is 15.1. The second-order valence-electron chi connectivity index (χ2n) is 6.07. The van der Waals surface area contributed by atoms with Crippen LogP contribution < -0.4 is 10.1 Å². The van der Waals surface area contributed by atoms with Gasteiger partial charge in [-0.2, -0.15) is 0 Å². The molecule has 0 aliphatic rings. The molecule has 0 saturated carbocycles. The Hall–Kier alpha value is -2.20. The van der Waals surface area contributed by atoms with Crippen LogP contribution in [0.5, 0.6) is 5.75 Å². The molecule has 4 nitrogen and oxygen atoms in total. The molecular weight excluding hydrogens is 326 g/mol. The first-order chi connectivity index (χ1) is 11.4. The number of ether oxygens (including phenoxy) is 2. The van der Waals surface area contributed by atoms with E-state index in [1.165, 1.54) is 7.11 Å². The van der Waals surface area contributed by atoms with Crippen molar-refractivity contribution in [2.45, 2.75) is 19.9 Å². The van der Waals surface area contributed by atoms with Gasteiger partial charge in [0.1, 0.15) is 5.75 Å². The van der Waals surface area contributed by atoms with Crippen molar-refractivity contribution >= 4 is 23.3 Å². The monoisotopic (exact) mass is 347 g/mol. The molecule has 1 N–H and O–H groups in total. The van der Waals surface area contributed by atoms with Crippen LogP contribution in [0.1, 0.15) is 25.5 Å². The minimum absolute atomic E-state index is 0.282. The summed E-state index contributed by atoms with van der Waals surface area (Å²) in [4.78, 5) is 12.3. The average molecular weight is 348 g/mol. The molecule has 0 radical (unpaired) electrons. The number of carbonyl (C=O) groups is 1. The van der Waals surface area contributed by atoms with Crippen LogP contribution in [-0.2, 0) is 9.53 Å². The van der Waals surface area contributed by atoms with Gasteiger partial charge in [0.2, 0.25) is 0 Å². The zero-order chi connectivity index (χ0) is 17.7. The van der Waals surface area contributed by atoms with E-state index in [-0.39, 0.29) is 12.0 Å². The molecule has 0 aliphatic carbocycles. The maximum atomic E-state index is 12.3. The minimum atomic E-state index is -0.775. The van der Waals surface area contributed by atoms with Crippen molar-refractivity contribution < 1.29 is 14.3 Å². The highest BCUT2D eigenvalue weighted by Crippen LogP contribution is 2.38. The van der Waals surface area contributed by atoms with Crippen molar-refractivity contribution in [3.05, 3.63) is 59.1 Å².